The zero-order valence-electron chi connectivity index (χ0n) is 19.1. The molecular weight excluding hydrogens is 422 g/mol. The molecule has 0 spiro atoms. The maximum absolute atomic E-state index is 11.6. The quantitative estimate of drug-likeness (QED) is 0.186. The van der Waals surface area contributed by atoms with Gasteiger partial charge in [0.25, 0.3) is 0 Å². The van der Waals surface area contributed by atoms with E-state index in [1.807, 2.05) is 6.92 Å². The number of benzene rings is 2. The van der Waals surface area contributed by atoms with Gasteiger partial charge in [0.2, 0.25) is 0 Å². The molecule has 33 heavy (non-hydrogen) atoms. The minimum atomic E-state index is -0.0823. The number of ether oxygens (including phenoxy) is 1. The number of likely N-dealkylation sites (tertiary alicyclic amines) is 1. The van der Waals surface area contributed by atoms with E-state index >= 15 is 0 Å². The topological polar surface area (TPSA) is 77.5 Å². The fourth-order valence-corrected chi connectivity index (χ4v) is 4.13. The van der Waals surface area contributed by atoms with E-state index in [1.165, 1.54) is 11.1 Å². The van der Waals surface area contributed by atoms with Gasteiger partial charge in [-0.1, -0.05) is 66.6 Å². The number of carbonyl (C=O) groups is 1. The number of nitrogens with zero attached hydrogens (tertiary/aromatic N) is 1. The first-order valence-electron chi connectivity index (χ1n) is 11.2. The normalized spacial score (nSPS) is 14.2. The van der Waals surface area contributed by atoms with Crippen molar-refractivity contribution in [2.45, 2.75) is 32.1 Å². The number of piperidine rings is 1. The van der Waals surface area contributed by atoms with Crippen LogP contribution in [0.2, 0.25) is 0 Å². The van der Waals surface area contributed by atoms with Crippen molar-refractivity contribution in [2.75, 3.05) is 32.8 Å². The van der Waals surface area contributed by atoms with Gasteiger partial charge in [-0.2, -0.15) is 4.89 Å². The van der Waals surface area contributed by atoms with Gasteiger partial charge in [-0.05, 0) is 60.0 Å². The summed E-state index contributed by atoms with van der Waals surface area (Å²) in [4.78, 5) is 17.9. The lowest BCUT2D eigenvalue weighted by Crippen LogP contribution is -2.37. The number of esters is 1. The molecule has 0 amide bonds. The van der Waals surface area contributed by atoms with E-state index in [1.54, 1.807) is 0 Å². The van der Waals surface area contributed by atoms with Crippen LogP contribution in [0.15, 0.2) is 60.7 Å². The number of terminal acetylenes is 1. The lowest BCUT2D eigenvalue weighted by Gasteiger charge is -2.36. The van der Waals surface area contributed by atoms with E-state index in [2.05, 4.69) is 92.9 Å². The Bertz CT molecular complexity index is 776. The molecule has 0 unspecified atom stereocenters. The van der Waals surface area contributed by atoms with Crippen LogP contribution in [0.3, 0.4) is 0 Å². The van der Waals surface area contributed by atoms with Crippen LogP contribution < -0.4 is 0 Å². The summed E-state index contributed by atoms with van der Waals surface area (Å²) in [6.07, 6.45) is 7.50. The lowest BCUT2D eigenvalue weighted by atomic mass is 9.76. The molecule has 2 aromatic rings. The van der Waals surface area contributed by atoms with Gasteiger partial charge >= 0.3 is 5.97 Å². The van der Waals surface area contributed by atoms with Gasteiger partial charge in [0.05, 0.1) is 13.0 Å². The summed E-state index contributed by atoms with van der Waals surface area (Å²) >= 11 is 0. The number of carbonyl (C=O) groups excluding carboxylic acids is 1. The fourth-order valence-electron chi connectivity index (χ4n) is 4.13. The first-order valence-corrected chi connectivity index (χ1v) is 11.2. The Kier molecular flexibility index (Phi) is 12.8. The molecule has 1 fully saturated rings. The molecule has 1 aliphatic rings. The minimum Gasteiger partial charge on any atom is -0.466 e. The third-order valence-electron chi connectivity index (χ3n) is 5.58. The number of rotatable bonds is 10. The molecule has 0 bridgehead atoms. The maximum atomic E-state index is 11.6. The molecule has 0 aromatic heterocycles. The Labute approximate surface area is 196 Å². The monoisotopic (exact) mass is 455 g/mol. The fraction of sp³-hybridized carbons (Fsp3) is 0.423. The van der Waals surface area contributed by atoms with Crippen molar-refractivity contribution in [3.05, 3.63) is 71.8 Å². The third kappa shape index (κ3) is 9.74. The molecule has 0 radical (unpaired) electrons. The van der Waals surface area contributed by atoms with E-state index < -0.39 is 0 Å². The van der Waals surface area contributed by atoms with E-state index in [-0.39, 0.29) is 12.6 Å². The molecule has 0 atom stereocenters. The Morgan fingerprint density at radius 2 is 1.67 bits per heavy atom. The molecule has 0 saturated carbocycles. The smallest absolute Gasteiger partial charge is 0.307 e. The summed E-state index contributed by atoms with van der Waals surface area (Å²) in [6, 6.07) is 21.7. The minimum absolute atomic E-state index is 0.0550. The Hall–Kier alpha value is -2.73. The molecule has 1 heterocycles. The van der Waals surface area contributed by atoms with Gasteiger partial charge < -0.3 is 9.64 Å². The van der Waals surface area contributed by atoms with Gasteiger partial charge in [-0.15, -0.1) is 6.42 Å². The highest BCUT2D eigenvalue weighted by atomic mass is 17.6. The van der Waals surface area contributed by atoms with Crippen molar-refractivity contribution in [3.63, 3.8) is 0 Å². The zero-order valence-corrected chi connectivity index (χ0v) is 19.1. The SMILES string of the molecule is C#CCOOOO.CCOC(=O)CCN1CCC(C(c2ccccc2)c2ccccc2)CC1. The highest BCUT2D eigenvalue weighted by Crippen LogP contribution is 2.37. The molecule has 7 nitrogen and oxygen atoms in total. The van der Waals surface area contributed by atoms with Crippen molar-refractivity contribution < 1.29 is 29.8 Å². The highest BCUT2D eigenvalue weighted by Gasteiger charge is 2.28. The Morgan fingerprint density at radius 1 is 1.09 bits per heavy atom. The van der Waals surface area contributed by atoms with Gasteiger partial charge in [0.15, 0.2) is 0 Å². The van der Waals surface area contributed by atoms with E-state index in [9.17, 15) is 4.79 Å². The van der Waals surface area contributed by atoms with E-state index in [0.717, 1.165) is 32.5 Å². The summed E-state index contributed by atoms with van der Waals surface area (Å²) < 4.78 is 5.04. The van der Waals surface area contributed by atoms with Crippen LogP contribution >= 0.6 is 0 Å². The first-order chi connectivity index (χ1) is 16.2. The Morgan fingerprint density at radius 3 is 2.15 bits per heavy atom. The van der Waals surface area contributed by atoms with Gasteiger partial charge in [-0.3, -0.25) is 4.79 Å². The third-order valence-corrected chi connectivity index (χ3v) is 5.58. The van der Waals surface area contributed by atoms with E-state index in [4.69, 9.17) is 9.99 Å². The van der Waals surface area contributed by atoms with Crippen LogP contribution in [0.4, 0.5) is 0 Å². The van der Waals surface area contributed by atoms with Crippen LogP contribution in [-0.4, -0.2) is 49.0 Å². The Balaban J connectivity index is 0.000000479. The van der Waals surface area contributed by atoms with Crippen molar-refractivity contribution >= 4 is 5.97 Å². The van der Waals surface area contributed by atoms with Crippen LogP contribution in [0.1, 0.15) is 43.2 Å². The second-order valence-electron chi connectivity index (χ2n) is 7.64. The molecule has 1 saturated heterocycles. The first kappa shape index (κ1) is 26.5. The largest absolute Gasteiger partial charge is 0.466 e. The summed E-state index contributed by atoms with van der Waals surface area (Å²) in [5.74, 6) is 3.07. The van der Waals surface area contributed by atoms with Crippen molar-refractivity contribution in [1.29, 1.82) is 0 Å². The summed E-state index contributed by atoms with van der Waals surface area (Å²) in [7, 11) is 0. The van der Waals surface area contributed by atoms with Crippen molar-refractivity contribution in [3.8, 4) is 12.3 Å². The molecule has 2 aromatic carbocycles. The second kappa shape index (κ2) is 16.0. The average molecular weight is 456 g/mol. The molecule has 1 aliphatic heterocycles. The molecule has 3 rings (SSSR count). The van der Waals surface area contributed by atoms with Crippen LogP contribution in [0.25, 0.3) is 0 Å². The predicted octanol–water partition coefficient (Wildman–Crippen LogP) is 4.46. The summed E-state index contributed by atoms with van der Waals surface area (Å²) in [5.41, 5.74) is 2.81. The molecular formula is C26H33NO6. The van der Waals surface area contributed by atoms with E-state index in [0.29, 0.717) is 24.9 Å². The zero-order chi connectivity index (χ0) is 23.7. The maximum Gasteiger partial charge on any atom is 0.307 e. The second-order valence-corrected chi connectivity index (χ2v) is 7.64. The number of hydrogen-bond acceptors (Lipinski definition) is 7. The van der Waals surface area contributed by atoms with Gasteiger partial charge in [0, 0.05) is 12.5 Å². The van der Waals surface area contributed by atoms with Gasteiger partial charge in [-0.25, -0.2) is 5.26 Å². The van der Waals surface area contributed by atoms with Gasteiger partial charge in [0.1, 0.15) is 6.61 Å². The lowest BCUT2D eigenvalue weighted by molar-refractivity contribution is -0.620. The van der Waals surface area contributed by atoms with Crippen LogP contribution in [-0.2, 0) is 24.5 Å². The summed E-state index contributed by atoms with van der Waals surface area (Å²) in [5, 5.41) is 13.9. The summed E-state index contributed by atoms with van der Waals surface area (Å²) in [6.45, 7) is 5.20. The molecule has 178 valence electrons. The van der Waals surface area contributed by atoms with Crippen molar-refractivity contribution in [2.24, 2.45) is 5.92 Å². The molecule has 7 heteroatoms. The average Bonchev–Trinajstić information content (AvgIpc) is 2.86. The standard InChI is InChI=1S/C23H29NO2.C3H4O4/c1-2-26-22(25)15-18-24-16-13-21(14-17-24)23(19-9-5-3-6-10-19)20-11-7-4-8-12-20;1-2-3-5-7-6-4/h3-12,21,23H,2,13-18H2,1H3;1,4H,3H2. The van der Waals surface area contributed by atoms with Crippen molar-refractivity contribution in [1.82, 2.24) is 4.90 Å². The van der Waals surface area contributed by atoms with Crippen LogP contribution in [0, 0.1) is 18.3 Å². The highest BCUT2D eigenvalue weighted by molar-refractivity contribution is 5.69. The molecule has 0 aliphatic carbocycles. The van der Waals surface area contributed by atoms with Crippen LogP contribution in [0.5, 0.6) is 0 Å². The molecule has 1 N–H and O–H groups in total. The number of hydrogen-bond donors (Lipinski definition) is 1. The predicted molar refractivity (Wildman–Crippen MR) is 125 cm³/mol.